The monoisotopic (exact) mass is 407 g/mol. The lowest BCUT2D eigenvalue weighted by Gasteiger charge is -1.94. The van der Waals surface area contributed by atoms with Gasteiger partial charge in [-0.2, -0.15) is 0 Å². The van der Waals surface area contributed by atoms with Crippen molar-refractivity contribution in [1.82, 2.24) is 0 Å². The van der Waals surface area contributed by atoms with Crippen molar-refractivity contribution in [3.8, 4) is 0 Å². The summed E-state index contributed by atoms with van der Waals surface area (Å²) in [4.78, 5) is 19.7. The van der Waals surface area contributed by atoms with E-state index >= 15 is 0 Å². The predicted molar refractivity (Wildman–Crippen MR) is 105 cm³/mol. The number of fused-ring (bicyclic) bond motifs is 3. The highest BCUT2D eigenvalue weighted by Gasteiger charge is 2.14. The van der Waals surface area contributed by atoms with Crippen molar-refractivity contribution in [1.29, 1.82) is 0 Å². The van der Waals surface area contributed by atoms with Crippen molar-refractivity contribution in [2.45, 2.75) is 6.42 Å². The molecule has 28 heavy (non-hydrogen) atoms. The molecule has 1 aromatic heterocycles. The number of carbonyl (C=O) groups is 2. The van der Waals surface area contributed by atoms with E-state index in [4.69, 9.17) is 24.6 Å². The van der Waals surface area contributed by atoms with Gasteiger partial charge in [-0.1, -0.05) is 36.9 Å². The Labute approximate surface area is 160 Å². The fraction of sp³-hybridized carbons (Fsp3) is 0.158. The van der Waals surface area contributed by atoms with Crippen LogP contribution in [0.3, 0.4) is 0 Å². The van der Waals surface area contributed by atoms with Crippen LogP contribution in [0.2, 0.25) is 0 Å². The van der Waals surface area contributed by atoms with Gasteiger partial charge in [0, 0.05) is 16.3 Å². The van der Waals surface area contributed by atoms with Gasteiger partial charge in [0.2, 0.25) is 5.12 Å². The first-order valence-electron chi connectivity index (χ1n) is 8.00. The van der Waals surface area contributed by atoms with Crippen LogP contribution in [0.25, 0.3) is 21.5 Å². The SMILES string of the molecule is C=C(CC(=O)O)C(=O)O.O=[p+]1oc2ccccc2c2ccccc21.OCCO. The summed E-state index contributed by atoms with van der Waals surface area (Å²) in [5, 5.41) is 34.1. The van der Waals surface area contributed by atoms with Gasteiger partial charge in [-0.25, -0.2) is 8.99 Å². The van der Waals surface area contributed by atoms with Crippen molar-refractivity contribution in [3.05, 3.63) is 60.7 Å². The highest BCUT2D eigenvalue weighted by Crippen LogP contribution is 2.34. The molecule has 4 N–H and O–H groups in total. The Kier molecular flexibility index (Phi) is 9.53. The highest BCUT2D eigenvalue weighted by atomic mass is 31.1. The van der Waals surface area contributed by atoms with Gasteiger partial charge in [-0.15, -0.1) is 0 Å². The summed E-state index contributed by atoms with van der Waals surface area (Å²) < 4.78 is 17.1. The molecule has 3 rings (SSSR count). The van der Waals surface area contributed by atoms with Gasteiger partial charge in [0.25, 0.3) is 0 Å². The summed E-state index contributed by atoms with van der Waals surface area (Å²) in [6.45, 7) is 2.76. The molecule has 0 saturated carbocycles. The molecule has 0 aliphatic rings. The molecular weight excluding hydrogens is 387 g/mol. The molecular formula is C19H20O8P+. The molecule has 2 aromatic carbocycles. The number of aliphatic hydroxyl groups excluding tert-OH is 2. The topological polar surface area (TPSA) is 145 Å². The van der Waals surface area contributed by atoms with Gasteiger partial charge in [0.1, 0.15) is 0 Å². The van der Waals surface area contributed by atoms with E-state index in [9.17, 15) is 14.2 Å². The minimum absolute atomic E-state index is 0.125. The van der Waals surface area contributed by atoms with Crippen molar-refractivity contribution < 1.29 is 38.8 Å². The maximum Gasteiger partial charge on any atom is 0.597 e. The van der Waals surface area contributed by atoms with E-state index in [-0.39, 0.29) is 18.8 Å². The van der Waals surface area contributed by atoms with Crippen molar-refractivity contribution in [2.75, 3.05) is 13.2 Å². The number of carboxylic acids is 2. The first kappa shape index (κ1) is 23.0. The Bertz CT molecular complexity index is 1020. The summed E-state index contributed by atoms with van der Waals surface area (Å²) in [5.74, 6) is -2.44. The zero-order valence-electron chi connectivity index (χ0n) is 14.8. The van der Waals surface area contributed by atoms with Crippen LogP contribution in [0.4, 0.5) is 0 Å². The van der Waals surface area contributed by atoms with Crippen LogP contribution in [0.15, 0.2) is 64.9 Å². The Morgan fingerprint density at radius 1 is 0.929 bits per heavy atom. The molecule has 1 unspecified atom stereocenters. The zero-order valence-corrected chi connectivity index (χ0v) is 15.7. The van der Waals surface area contributed by atoms with E-state index in [0.717, 1.165) is 15.9 Å². The lowest BCUT2D eigenvalue weighted by Crippen LogP contribution is -2.04. The van der Waals surface area contributed by atoms with E-state index in [2.05, 4.69) is 6.58 Å². The third kappa shape index (κ3) is 6.92. The number of para-hydroxylation sites is 1. The zero-order chi connectivity index (χ0) is 21.1. The number of aliphatic carboxylic acids is 2. The molecule has 0 bridgehead atoms. The molecule has 0 aliphatic carbocycles. The second kappa shape index (κ2) is 11.6. The standard InChI is InChI=1S/C12H8O2P.C5H6O4.C2H6O2/c13-15-12-8-4-2-6-10(12)9-5-1-3-7-11(9)14-15;1-3(5(8)9)2-4(6)7;3-1-2-4/h1-8H;1-2H2,(H,6,7)(H,8,9);3-4H,1-2H2/q+1;;. The molecule has 0 spiro atoms. The minimum atomic E-state index is -1.74. The number of benzene rings is 2. The van der Waals surface area contributed by atoms with Gasteiger partial charge in [-0.05, 0) is 22.8 Å². The number of aliphatic hydroxyl groups is 2. The van der Waals surface area contributed by atoms with Gasteiger partial charge in [0.05, 0.1) is 19.6 Å². The molecule has 9 heteroatoms. The number of hydrogen-bond acceptors (Lipinski definition) is 6. The van der Waals surface area contributed by atoms with Crippen LogP contribution in [0, 0.1) is 0 Å². The highest BCUT2D eigenvalue weighted by molar-refractivity contribution is 7.37. The van der Waals surface area contributed by atoms with E-state index in [1.165, 1.54) is 0 Å². The van der Waals surface area contributed by atoms with Crippen LogP contribution >= 0.6 is 7.65 Å². The Balaban J connectivity index is 0.000000260. The lowest BCUT2D eigenvalue weighted by molar-refractivity contribution is -0.139. The molecule has 3 aromatic rings. The molecule has 0 saturated heterocycles. The summed E-state index contributed by atoms with van der Waals surface area (Å²) in [5.41, 5.74) is 0.403. The number of hydrogen-bond donors (Lipinski definition) is 4. The number of carboxylic acid groups (broad SMARTS) is 2. The molecule has 0 fully saturated rings. The lowest BCUT2D eigenvalue weighted by atomic mass is 10.1. The molecule has 8 nitrogen and oxygen atoms in total. The average Bonchev–Trinajstić information content (AvgIpc) is 2.68. The second-order valence-electron chi connectivity index (χ2n) is 5.29. The minimum Gasteiger partial charge on any atom is -0.481 e. The maximum absolute atomic E-state index is 11.8. The van der Waals surface area contributed by atoms with E-state index in [1.54, 1.807) is 0 Å². The maximum atomic E-state index is 11.8. The van der Waals surface area contributed by atoms with Crippen LogP contribution < -0.4 is 0 Å². The summed E-state index contributed by atoms with van der Waals surface area (Å²) in [7, 11) is -1.74. The molecule has 0 radical (unpaired) electrons. The van der Waals surface area contributed by atoms with Crippen molar-refractivity contribution in [3.63, 3.8) is 0 Å². The Morgan fingerprint density at radius 3 is 1.96 bits per heavy atom. The van der Waals surface area contributed by atoms with Crippen molar-refractivity contribution >= 4 is 41.1 Å². The van der Waals surface area contributed by atoms with E-state index in [1.807, 2.05) is 48.5 Å². The molecule has 0 amide bonds. The fourth-order valence-electron chi connectivity index (χ4n) is 2.03. The first-order valence-corrected chi connectivity index (χ1v) is 9.17. The van der Waals surface area contributed by atoms with Gasteiger partial charge < -0.3 is 20.4 Å². The quantitative estimate of drug-likeness (QED) is 0.380. The van der Waals surface area contributed by atoms with Gasteiger partial charge in [-0.3, -0.25) is 4.79 Å². The van der Waals surface area contributed by atoms with Crippen LogP contribution in [0.5, 0.6) is 0 Å². The van der Waals surface area contributed by atoms with Crippen LogP contribution in [0.1, 0.15) is 6.42 Å². The van der Waals surface area contributed by atoms with Crippen molar-refractivity contribution in [2.24, 2.45) is 0 Å². The molecule has 148 valence electrons. The molecule has 1 atom stereocenters. The fourth-order valence-corrected chi connectivity index (χ4v) is 3.06. The largest absolute Gasteiger partial charge is 0.597 e. The Morgan fingerprint density at radius 2 is 1.46 bits per heavy atom. The van der Waals surface area contributed by atoms with E-state index in [0.29, 0.717) is 5.58 Å². The van der Waals surface area contributed by atoms with Crippen LogP contribution in [-0.4, -0.2) is 45.6 Å². The van der Waals surface area contributed by atoms with Gasteiger partial charge >= 0.3 is 19.6 Å². The normalized spacial score (nSPS) is 10.3. The molecule has 1 heterocycles. The summed E-state index contributed by atoms with van der Waals surface area (Å²) in [6.07, 6.45) is -0.505. The average molecular weight is 407 g/mol. The van der Waals surface area contributed by atoms with E-state index < -0.39 is 26.0 Å². The Hall–Kier alpha value is -3.06. The third-order valence-electron chi connectivity index (χ3n) is 3.23. The van der Waals surface area contributed by atoms with Crippen LogP contribution in [-0.2, 0) is 14.2 Å². The third-order valence-corrected chi connectivity index (χ3v) is 4.37. The number of rotatable bonds is 4. The second-order valence-corrected chi connectivity index (χ2v) is 6.47. The predicted octanol–water partition coefficient (Wildman–Crippen LogP) is 3.40. The first-order chi connectivity index (χ1) is 13.3. The molecule has 0 aliphatic heterocycles. The van der Waals surface area contributed by atoms with Gasteiger partial charge in [0.15, 0.2) is 5.58 Å². The smallest absolute Gasteiger partial charge is 0.481 e. The summed E-state index contributed by atoms with van der Waals surface area (Å²) >= 11 is 0. The summed E-state index contributed by atoms with van der Waals surface area (Å²) in [6, 6.07) is 15.3.